The second kappa shape index (κ2) is 7.83. The van der Waals surface area contributed by atoms with Gasteiger partial charge in [0.1, 0.15) is 5.82 Å². The van der Waals surface area contributed by atoms with E-state index in [1.807, 2.05) is 0 Å². The molecule has 138 valence electrons. The number of hydrogen-bond acceptors (Lipinski definition) is 3. The highest BCUT2D eigenvalue weighted by Gasteiger charge is 2.41. The molecule has 7 heteroatoms. The quantitative estimate of drug-likeness (QED) is 0.801. The van der Waals surface area contributed by atoms with Crippen molar-refractivity contribution in [2.75, 3.05) is 19.6 Å². The van der Waals surface area contributed by atoms with Crippen molar-refractivity contribution in [3.05, 3.63) is 35.6 Å². The van der Waals surface area contributed by atoms with Crippen molar-refractivity contribution in [1.29, 1.82) is 0 Å². The van der Waals surface area contributed by atoms with E-state index in [9.17, 15) is 17.6 Å². The average molecular weight is 368 g/mol. The predicted molar refractivity (Wildman–Crippen MR) is 94.0 cm³/mol. The van der Waals surface area contributed by atoms with E-state index in [4.69, 9.17) is 0 Å². The van der Waals surface area contributed by atoms with Gasteiger partial charge in [-0.15, -0.1) is 0 Å². The maximum Gasteiger partial charge on any atom is 0.220 e. The summed E-state index contributed by atoms with van der Waals surface area (Å²) < 4.78 is 39.5. The van der Waals surface area contributed by atoms with E-state index < -0.39 is 10.0 Å². The minimum absolute atomic E-state index is 0.0868. The van der Waals surface area contributed by atoms with Crippen LogP contribution in [0.15, 0.2) is 24.3 Å². The SMILES string of the molecule is O=C(CCc1ccccc1F)NCC1CCN(S(=O)(=O)C2CC2)CC1. The van der Waals surface area contributed by atoms with Crippen molar-refractivity contribution < 1.29 is 17.6 Å². The van der Waals surface area contributed by atoms with Gasteiger partial charge in [-0.2, -0.15) is 0 Å². The van der Waals surface area contributed by atoms with Gasteiger partial charge in [0, 0.05) is 26.1 Å². The van der Waals surface area contributed by atoms with Crippen molar-refractivity contribution in [3.63, 3.8) is 0 Å². The molecule has 1 aromatic rings. The van der Waals surface area contributed by atoms with Gasteiger partial charge in [-0.05, 0) is 49.7 Å². The highest BCUT2D eigenvalue weighted by Crippen LogP contribution is 2.33. The molecule has 1 aliphatic heterocycles. The number of halogens is 1. The summed E-state index contributed by atoms with van der Waals surface area (Å²) in [6.45, 7) is 1.66. The standard InChI is InChI=1S/C18H25FN2O3S/c19-17-4-2-1-3-15(17)5-8-18(22)20-13-14-9-11-21(12-10-14)25(23,24)16-6-7-16/h1-4,14,16H,5-13H2,(H,20,22). The number of rotatable bonds is 7. The van der Waals surface area contributed by atoms with Crippen LogP contribution in [0.1, 0.15) is 37.7 Å². The number of carbonyl (C=O) groups excluding carboxylic acids is 1. The molecule has 1 heterocycles. The van der Waals surface area contributed by atoms with Crippen molar-refractivity contribution in [1.82, 2.24) is 9.62 Å². The van der Waals surface area contributed by atoms with Gasteiger partial charge in [0.05, 0.1) is 5.25 Å². The fourth-order valence-electron chi connectivity index (χ4n) is 3.24. The van der Waals surface area contributed by atoms with Crippen molar-refractivity contribution in [2.24, 2.45) is 5.92 Å². The van der Waals surface area contributed by atoms with Crippen LogP contribution in [-0.2, 0) is 21.2 Å². The second-order valence-corrected chi connectivity index (χ2v) is 9.20. The third kappa shape index (κ3) is 4.79. The third-order valence-corrected chi connectivity index (χ3v) is 7.44. The van der Waals surface area contributed by atoms with E-state index >= 15 is 0 Å². The van der Waals surface area contributed by atoms with E-state index in [0.717, 1.165) is 25.7 Å². The highest BCUT2D eigenvalue weighted by molar-refractivity contribution is 7.90. The molecule has 0 radical (unpaired) electrons. The summed E-state index contributed by atoms with van der Waals surface area (Å²) in [7, 11) is -3.08. The number of piperidine rings is 1. The molecule has 3 rings (SSSR count). The van der Waals surface area contributed by atoms with E-state index in [2.05, 4.69) is 5.32 Å². The first-order chi connectivity index (χ1) is 12.0. The topological polar surface area (TPSA) is 66.5 Å². The summed E-state index contributed by atoms with van der Waals surface area (Å²) in [6, 6.07) is 6.49. The molecular formula is C18H25FN2O3S. The smallest absolute Gasteiger partial charge is 0.220 e. The molecule has 0 bridgehead atoms. The fraction of sp³-hybridized carbons (Fsp3) is 0.611. The minimum atomic E-state index is -3.08. The van der Waals surface area contributed by atoms with Gasteiger partial charge in [0.25, 0.3) is 0 Å². The van der Waals surface area contributed by atoms with Crippen LogP contribution in [0.2, 0.25) is 0 Å². The highest BCUT2D eigenvalue weighted by atomic mass is 32.2. The Hall–Kier alpha value is -1.47. The number of nitrogens with zero attached hydrogens (tertiary/aromatic N) is 1. The molecule has 1 saturated carbocycles. The van der Waals surface area contributed by atoms with Crippen LogP contribution in [0.5, 0.6) is 0 Å². The van der Waals surface area contributed by atoms with Gasteiger partial charge in [-0.25, -0.2) is 17.1 Å². The van der Waals surface area contributed by atoms with Crippen molar-refractivity contribution in [2.45, 2.75) is 43.8 Å². The second-order valence-electron chi connectivity index (χ2n) is 6.98. The van der Waals surface area contributed by atoms with E-state index in [1.165, 1.54) is 6.07 Å². The summed E-state index contributed by atoms with van der Waals surface area (Å²) in [5, 5.41) is 2.75. The molecule has 0 spiro atoms. The number of nitrogens with one attached hydrogen (secondary N) is 1. The number of benzene rings is 1. The van der Waals surface area contributed by atoms with Gasteiger partial charge in [0.15, 0.2) is 0 Å². The van der Waals surface area contributed by atoms with E-state index in [0.29, 0.717) is 37.5 Å². The first kappa shape index (κ1) is 18.3. The van der Waals surface area contributed by atoms with E-state index in [-0.39, 0.29) is 23.4 Å². The molecule has 5 nitrogen and oxygen atoms in total. The molecular weight excluding hydrogens is 343 g/mol. The summed E-state index contributed by atoms with van der Waals surface area (Å²) in [6.07, 6.45) is 3.78. The number of aryl methyl sites for hydroxylation is 1. The Balaban J connectivity index is 1.37. The fourth-order valence-corrected chi connectivity index (χ4v) is 5.11. The number of hydrogen-bond donors (Lipinski definition) is 1. The zero-order valence-electron chi connectivity index (χ0n) is 14.3. The van der Waals surface area contributed by atoms with Crippen LogP contribution in [-0.4, -0.2) is 43.5 Å². The molecule has 0 unspecified atom stereocenters. The molecule has 2 aliphatic rings. The van der Waals surface area contributed by atoms with Gasteiger partial charge in [-0.3, -0.25) is 4.79 Å². The first-order valence-electron chi connectivity index (χ1n) is 8.96. The molecule has 2 fully saturated rings. The Bertz CT molecular complexity index is 711. The van der Waals surface area contributed by atoms with Crippen molar-refractivity contribution in [3.8, 4) is 0 Å². The Morgan fingerprint density at radius 1 is 1.16 bits per heavy atom. The number of carbonyl (C=O) groups is 1. The zero-order valence-corrected chi connectivity index (χ0v) is 15.1. The molecule has 1 aromatic carbocycles. The molecule has 0 aromatic heterocycles. The van der Waals surface area contributed by atoms with Crippen LogP contribution < -0.4 is 5.32 Å². The largest absolute Gasteiger partial charge is 0.356 e. The normalized spacial score (nSPS) is 19.7. The summed E-state index contributed by atoms with van der Waals surface area (Å²) >= 11 is 0. The molecule has 1 N–H and O–H groups in total. The summed E-state index contributed by atoms with van der Waals surface area (Å²) in [5.74, 6) is -0.0566. The molecule has 25 heavy (non-hydrogen) atoms. The summed E-state index contributed by atoms with van der Waals surface area (Å²) in [4.78, 5) is 12.0. The maximum atomic E-state index is 13.5. The Morgan fingerprint density at radius 3 is 2.48 bits per heavy atom. The van der Waals surface area contributed by atoms with Gasteiger partial charge in [-0.1, -0.05) is 18.2 Å². The first-order valence-corrected chi connectivity index (χ1v) is 10.5. The average Bonchev–Trinajstić information content (AvgIpc) is 3.45. The number of amides is 1. The monoisotopic (exact) mass is 368 g/mol. The lowest BCUT2D eigenvalue weighted by molar-refractivity contribution is -0.121. The predicted octanol–water partition coefficient (Wildman–Crippen LogP) is 2.08. The third-order valence-electron chi connectivity index (χ3n) is 5.05. The van der Waals surface area contributed by atoms with Crippen LogP contribution in [0, 0.1) is 11.7 Å². The van der Waals surface area contributed by atoms with Crippen LogP contribution in [0.4, 0.5) is 4.39 Å². The van der Waals surface area contributed by atoms with Crippen LogP contribution >= 0.6 is 0 Å². The van der Waals surface area contributed by atoms with Crippen LogP contribution in [0.3, 0.4) is 0 Å². The molecule has 1 saturated heterocycles. The Labute approximate surface area is 148 Å². The Kier molecular flexibility index (Phi) is 5.74. The van der Waals surface area contributed by atoms with Crippen LogP contribution in [0.25, 0.3) is 0 Å². The zero-order chi connectivity index (χ0) is 17.9. The lowest BCUT2D eigenvalue weighted by Crippen LogP contribution is -2.42. The van der Waals surface area contributed by atoms with E-state index in [1.54, 1.807) is 22.5 Å². The van der Waals surface area contributed by atoms with Gasteiger partial charge in [0.2, 0.25) is 15.9 Å². The molecule has 1 amide bonds. The van der Waals surface area contributed by atoms with Gasteiger partial charge >= 0.3 is 0 Å². The molecule has 1 aliphatic carbocycles. The number of sulfonamides is 1. The van der Waals surface area contributed by atoms with Gasteiger partial charge < -0.3 is 5.32 Å². The minimum Gasteiger partial charge on any atom is -0.356 e. The lowest BCUT2D eigenvalue weighted by atomic mass is 9.98. The molecule has 0 atom stereocenters. The Morgan fingerprint density at radius 2 is 1.84 bits per heavy atom. The van der Waals surface area contributed by atoms with Crippen molar-refractivity contribution >= 4 is 15.9 Å². The maximum absolute atomic E-state index is 13.5. The lowest BCUT2D eigenvalue weighted by Gasteiger charge is -2.31. The summed E-state index contributed by atoms with van der Waals surface area (Å²) in [5.41, 5.74) is 0.552.